The van der Waals surface area contributed by atoms with E-state index in [4.69, 9.17) is 16.3 Å². The molecule has 0 aliphatic rings. The van der Waals surface area contributed by atoms with Crippen molar-refractivity contribution in [2.75, 3.05) is 13.7 Å². The lowest BCUT2D eigenvalue weighted by Gasteiger charge is -2.13. The molecule has 1 heterocycles. The Hall–Kier alpha value is -1.94. The molecule has 4 nitrogen and oxygen atoms in total. The number of carbonyl (C=O) groups excluding carboxylic acids is 1. The normalized spacial score (nSPS) is 10.3. The van der Waals surface area contributed by atoms with Crippen LogP contribution in [0.5, 0.6) is 5.75 Å². The zero-order chi connectivity index (χ0) is 14.5. The van der Waals surface area contributed by atoms with Crippen molar-refractivity contribution in [1.82, 2.24) is 9.88 Å². The second-order valence-electron chi connectivity index (χ2n) is 4.35. The van der Waals surface area contributed by atoms with Gasteiger partial charge in [0.05, 0.1) is 23.4 Å². The monoisotopic (exact) mass is 292 g/mol. The van der Waals surface area contributed by atoms with Crippen molar-refractivity contribution in [1.29, 1.82) is 0 Å². The highest BCUT2D eigenvalue weighted by Gasteiger charge is 2.16. The predicted molar refractivity (Wildman–Crippen MR) is 80.0 cm³/mol. The number of rotatable bonds is 5. The summed E-state index contributed by atoms with van der Waals surface area (Å²) in [7, 11) is 1.54. The molecule has 0 aliphatic heterocycles. The minimum Gasteiger partial charge on any atom is -0.496 e. The summed E-state index contributed by atoms with van der Waals surface area (Å²) < 4.78 is 7.18. The number of hydrogen-bond donors (Lipinski definition) is 1. The van der Waals surface area contributed by atoms with E-state index in [0.29, 0.717) is 22.9 Å². The Balaban J connectivity index is 2.40. The standard InChI is InChI=1S/C15H17ClN2O2/c1-3-6-17-15(19)11-9-12(16)13(10-14(11)20-2)18-7-4-5-8-18/h4-5,7-10H,3,6H2,1-2H3,(H,17,19). The van der Waals surface area contributed by atoms with Crippen LogP contribution in [-0.2, 0) is 0 Å². The molecule has 2 aromatic rings. The van der Waals surface area contributed by atoms with E-state index in [9.17, 15) is 4.79 Å². The molecule has 0 bridgehead atoms. The van der Waals surface area contributed by atoms with E-state index < -0.39 is 0 Å². The van der Waals surface area contributed by atoms with Gasteiger partial charge in [0.25, 0.3) is 5.91 Å². The van der Waals surface area contributed by atoms with Gasteiger partial charge in [-0.1, -0.05) is 18.5 Å². The molecule has 0 unspecified atom stereocenters. The van der Waals surface area contributed by atoms with Crippen LogP contribution in [-0.4, -0.2) is 24.1 Å². The zero-order valence-electron chi connectivity index (χ0n) is 11.5. The third kappa shape index (κ3) is 2.96. The van der Waals surface area contributed by atoms with Crippen molar-refractivity contribution >= 4 is 17.5 Å². The Morgan fingerprint density at radius 3 is 2.65 bits per heavy atom. The van der Waals surface area contributed by atoms with Gasteiger partial charge in [0, 0.05) is 25.0 Å². The first-order chi connectivity index (χ1) is 9.67. The topological polar surface area (TPSA) is 43.3 Å². The van der Waals surface area contributed by atoms with E-state index in [1.807, 2.05) is 36.0 Å². The molecule has 106 valence electrons. The molecule has 0 spiro atoms. The summed E-state index contributed by atoms with van der Waals surface area (Å²) in [6, 6.07) is 7.22. The van der Waals surface area contributed by atoms with Crippen molar-refractivity contribution in [3.05, 3.63) is 47.2 Å². The van der Waals surface area contributed by atoms with E-state index in [0.717, 1.165) is 12.1 Å². The first kappa shape index (κ1) is 14.5. The Morgan fingerprint density at radius 2 is 2.05 bits per heavy atom. The summed E-state index contributed by atoms with van der Waals surface area (Å²) in [5.74, 6) is 0.330. The van der Waals surface area contributed by atoms with Crippen LogP contribution in [0.2, 0.25) is 5.02 Å². The van der Waals surface area contributed by atoms with Gasteiger partial charge < -0.3 is 14.6 Å². The van der Waals surface area contributed by atoms with E-state index in [-0.39, 0.29) is 5.91 Å². The van der Waals surface area contributed by atoms with Gasteiger partial charge in [-0.15, -0.1) is 0 Å². The second-order valence-corrected chi connectivity index (χ2v) is 4.76. The van der Waals surface area contributed by atoms with Crippen LogP contribution < -0.4 is 10.1 Å². The highest BCUT2D eigenvalue weighted by atomic mass is 35.5. The van der Waals surface area contributed by atoms with Gasteiger partial charge in [-0.2, -0.15) is 0 Å². The van der Waals surface area contributed by atoms with Gasteiger partial charge in [-0.3, -0.25) is 4.79 Å². The van der Waals surface area contributed by atoms with Crippen molar-refractivity contribution in [3.8, 4) is 11.4 Å². The lowest BCUT2D eigenvalue weighted by molar-refractivity contribution is 0.0950. The zero-order valence-corrected chi connectivity index (χ0v) is 12.3. The molecular formula is C15H17ClN2O2. The SMILES string of the molecule is CCCNC(=O)c1cc(Cl)c(-n2cccc2)cc1OC. The molecular weight excluding hydrogens is 276 g/mol. The van der Waals surface area contributed by atoms with Crippen molar-refractivity contribution in [2.45, 2.75) is 13.3 Å². The highest BCUT2D eigenvalue weighted by molar-refractivity contribution is 6.33. The van der Waals surface area contributed by atoms with Gasteiger partial charge in [0.2, 0.25) is 0 Å². The smallest absolute Gasteiger partial charge is 0.255 e. The first-order valence-corrected chi connectivity index (χ1v) is 6.84. The van der Waals surface area contributed by atoms with Crippen LogP contribution in [0.4, 0.5) is 0 Å². The summed E-state index contributed by atoms with van der Waals surface area (Å²) in [6.07, 6.45) is 4.65. The Kier molecular flexibility index (Phi) is 4.69. The van der Waals surface area contributed by atoms with Crippen LogP contribution in [0.1, 0.15) is 23.7 Å². The fraction of sp³-hybridized carbons (Fsp3) is 0.267. The molecule has 0 aliphatic carbocycles. The minimum atomic E-state index is -0.176. The molecule has 2 rings (SSSR count). The number of halogens is 1. The van der Waals surface area contributed by atoms with Gasteiger partial charge in [0.15, 0.2) is 0 Å². The van der Waals surface area contributed by atoms with Crippen LogP contribution in [0.15, 0.2) is 36.7 Å². The van der Waals surface area contributed by atoms with Crippen LogP contribution in [0.3, 0.4) is 0 Å². The van der Waals surface area contributed by atoms with E-state index in [1.165, 1.54) is 0 Å². The van der Waals surface area contributed by atoms with Crippen LogP contribution in [0.25, 0.3) is 5.69 Å². The molecule has 1 N–H and O–H groups in total. The van der Waals surface area contributed by atoms with Crippen molar-refractivity contribution in [2.24, 2.45) is 0 Å². The number of methoxy groups -OCH3 is 1. The van der Waals surface area contributed by atoms with E-state index >= 15 is 0 Å². The molecule has 0 atom stereocenters. The number of aromatic nitrogens is 1. The molecule has 20 heavy (non-hydrogen) atoms. The fourth-order valence-electron chi connectivity index (χ4n) is 1.92. The van der Waals surface area contributed by atoms with Gasteiger partial charge >= 0.3 is 0 Å². The third-order valence-corrected chi connectivity index (χ3v) is 3.23. The van der Waals surface area contributed by atoms with Gasteiger partial charge in [-0.25, -0.2) is 0 Å². The summed E-state index contributed by atoms with van der Waals surface area (Å²) >= 11 is 6.27. The lowest BCUT2D eigenvalue weighted by atomic mass is 10.1. The number of hydrogen-bond acceptors (Lipinski definition) is 2. The average Bonchev–Trinajstić information content (AvgIpc) is 2.98. The second kappa shape index (κ2) is 6.48. The number of amides is 1. The number of carbonyl (C=O) groups is 1. The quantitative estimate of drug-likeness (QED) is 0.919. The maximum Gasteiger partial charge on any atom is 0.255 e. The molecule has 1 amide bonds. The largest absolute Gasteiger partial charge is 0.496 e. The maximum atomic E-state index is 12.1. The Morgan fingerprint density at radius 1 is 1.35 bits per heavy atom. The van der Waals surface area contributed by atoms with Crippen molar-refractivity contribution < 1.29 is 9.53 Å². The number of nitrogens with zero attached hydrogens (tertiary/aromatic N) is 1. The highest BCUT2D eigenvalue weighted by Crippen LogP contribution is 2.29. The lowest BCUT2D eigenvalue weighted by Crippen LogP contribution is -2.24. The van der Waals surface area contributed by atoms with E-state index in [1.54, 1.807) is 19.2 Å². The predicted octanol–water partition coefficient (Wildman–Crippen LogP) is 3.28. The molecule has 0 radical (unpaired) electrons. The summed E-state index contributed by atoms with van der Waals surface area (Å²) in [4.78, 5) is 12.1. The Bertz CT molecular complexity index is 594. The number of benzene rings is 1. The molecule has 0 saturated carbocycles. The summed E-state index contributed by atoms with van der Waals surface area (Å²) in [6.45, 7) is 2.62. The van der Waals surface area contributed by atoms with Gasteiger partial charge in [0.1, 0.15) is 5.75 Å². The number of nitrogens with one attached hydrogen (secondary N) is 1. The summed E-state index contributed by atoms with van der Waals surface area (Å²) in [5.41, 5.74) is 1.22. The van der Waals surface area contributed by atoms with Crippen LogP contribution in [0, 0.1) is 0 Å². The van der Waals surface area contributed by atoms with Gasteiger partial charge in [-0.05, 0) is 24.6 Å². The minimum absolute atomic E-state index is 0.176. The third-order valence-electron chi connectivity index (χ3n) is 2.93. The number of ether oxygens (including phenoxy) is 1. The molecule has 1 aromatic heterocycles. The fourth-order valence-corrected chi connectivity index (χ4v) is 2.18. The van der Waals surface area contributed by atoms with E-state index in [2.05, 4.69) is 5.32 Å². The maximum absolute atomic E-state index is 12.1. The Labute approximate surface area is 123 Å². The van der Waals surface area contributed by atoms with Crippen LogP contribution >= 0.6 is 11.6 Å². The average molecular weight is 293 g/mol. The van der Waals surface area contributed by atoms with Crippen molar-refractivity contribution in [3.63, 3.8) is 0 Å². The summed E-state index contributed by atoms with van der Waals surface area (Å²) in [5, 5.41) is 3.32. The first-order valence-electron chi connectivity index (χ1n) is 6.46. The molecule has 5 heteroatoms. The molecule has 0 saturated heterocycles. The molecule has 1 aromatic carbocycles. The molecule has 0 fully saturated rings.